The summed E-state index contributed by atoms with van der Waals surface area (Å²) in [6, 6.07) is 16.5. The summed E-state index contributed by atoms with van der Waals surface area (Å²) in [6.45, 7) is 1.75. The summed E-state index contributed by atoms with van der Waals surface area (Å²) in [5.74, 6) is 0.833. The van der Waals surface area contributed by atoms with Gasteiger partial charge in [0.1, 0.15) is 12.4 Å². The molecule has 27 heavy (non-hydrogen) atoms. The Morgan fingerprint density at radius 2 is 2.00 bits per heavy atom. The Balaban J connectivity index is 1.51. The van der Waals surface area contributed by atoms with Crippen molar-refractivity contribution in [3.05, 3.63) is 65.2 Å². The Morgan fingerprint density at radius 3 is 2.70 bits per heavy atom. The van der Waals surface area contributed by atoms with Gasteiger partial charge in [-0.25, -0.2) is 0 Å². The lowest BCUT2D eigenvalue weighted by Crippen LogP contribution is -2.15. The van der Waals surface area contributed by atoms with E-state index in [0.29, 0.717) is 19.8 Å². The van der Waals surface area contributed by atoms with Crippen LogP contribution in [0.1, 0.15) is 36.0 Å². The van der Waals surface area contributed by atoms with Gasteiger partial charge in [-0.1, -0.05) is 35.5 Å². The monoisotopic (exact) mass is 368 g/mol. The first kappa shape index (κ1) is 19.4. The lowest BCUT2D eigenvalue weighted by atomic mass is 10.0. The van der Waals surface area contributed by atoms with Crippen molar-refractivity contribution >= 4 is 5.71 Å². The van der Waals surface area contributed by atoms with Crippen molar-refractivity contribution in [1.82, 2.24) is 0 Å². The molecule has 3 rings (SSSR count). The summed E-state index contributed by atoms with van der Waals surface area (Å²) in [5, 5.41) is 4.10. The quantitative estimate of drug-likeness (QED) is 0.650. The zero-order chi connectivity index (χ0) is 18.9. The maximum Gasteiger partial charge on any atom is 0.122 e. The van der Waals surface area contributed by atoms with E-state index in [2.05, 4.69) is 35.5 Å². The molecule has 144 valence electrons. The third-order valence-corrected chi connectivity index (χ3v) is 4.72. The number of methoxy groups -OCH3 is 1. The molecule has 2 N–H and O–H groups in total. The van der Waals surface area contributed by atoms with Gasteiger partial charge in [-0.3, -0.25) is 0 Å². The Labute approximate surface area is 161 Å². The number of hydrogen-bond donors (Lipinski definition) is 1. The molecule has 0 aliphatic carbocycles. The fourth-order valence-corrected chi connectivity index (χ4v) is 3.22. The number of rotatable bonds is 10. The molecular weight excluding hydrogens is 340 g/mol. The van der Waals surface area contributed by atoms with Crippen molar-refractivity contribution in [2.24, 2.45) is 10.9 Å². The van der Waals surface area contributed by atoms with Crippen LogP contribution in [0, 0.1) is 0 Å². The van der Waals surface area contributed by atoms with Crippen LogP contribution >= 0.6 is 0 Å². The lowest BCUT2D eigenvalue weighted by molar-refractivity contribution is 0.0894. The van der Waals surface area contributed by atoms with Gasteiger partial charge in [0.05, 0.1) is 18.4 Å². The van der Waals surface area contributed by atoms with Crippen molar-refractivity contribution in [2.45, 2.75) is 38.3 Å². The smallest absolute Gasteiger partial charge is 0.122 e. The first-order valence-corrected chi connectivity index (χ1v) is 9.51. The van der Waals surface area contributed by atoms with Crippen LogP contribution in [-0.4, -0.2) is 32.1 Å². The third kappa shape index (κ3) is 5.81. The highest BCUT2D eigenvalue weighted by Crippen LogP contribution is 2.21. The molecule has 0 aromatic heterocycles. The molecule has 1 heterocycles. The second-order valence-electron chi connectivity index (χ2n) is 6.73. The van der Waals surface area contributed by atoms with Gasteiger partial charge in [0.2, 0.25) is 0 Å². The van der Waals surface area contributed by atoms with Crippen molar-refractivity contribution < 1.29 is 14.3 Å². The van der Waals surface area contributed by atoms with Crippen molar-refractivity contribution in [1.29, 1.82) is 0 Å². The lowest BCUT2D eigenvalue weighted by Gasteiger charge is -2.16. The highest BCUT2D eigenvalue weighted by molar-refractivity contribution is 6.01. The Morgan fingerprint density at radius 1 is 1.15 bits per heavy atom. The molecule has 5 nitrogen and oxygen atoms in total. The SMILES string of the molecule is COC(CCCOc1cc(CN)cc(C2=NOCC2)c1)Cc1ccccc1. The molecule has 1 atom stereocenters. The minimum atomic E-state index is 0.201. The summed E-state index contributed by atoms with van der Waals surface area (Å²) >= 11 is 0. The van der Waals surface area contributed by atoms with Crippen LogP contribution in [-0.2, 0) is 22.5 Å². The third-order valence-electron chi connectivity index (χ3n) is 4.72. The molecule has 0 bridgehead atoms. The zero-order valence-electron chi connectivity index (χ0n) is 15.9. The van der Waals surface area contributed by atoms with Crippen molar-refractivity contribution in [3.8, 4) is 5.75 Å². The van der Waals surface area contributed by atoms with Gasteiger partial charge in [0.15, 0.2) is 0 Å². The Kier molecular flexibility index (Phi) is 7.25. The first-order valence-electron chi connectivity index (χ1n) is 9.51. The normalized spacial score (nSPS) is 14.5. The molecule has 0 fully saturated rings. The summed E-state index contributed by atoms with van der Waals surface area (Å²) < 4.78 is 11.6. The molecule has 0 saturated carbocycles. The molecule has 1 aliphatic heterocycles. The summed E-state index contributed by atoms with van der Waals surface area (Å²) in [4.78, 5) is 5.11. The van der Waals surface area contributed by atoms with Gasteiger partial charge >= 0.3 is 0 Å². The molecule has 1 unspecified atom stereocenters. The highest BCUT2D eigenvalue weighted by Gasteiger charge is 2.13. The van der Waals surface area contributed by atoms with Crippen LogP contribution in [0.15, 0.2) is 53.7 Å². The molecule has 2 aromatic carbocycles. The average molecular weight is 368 g/mol. The van der Waals surface area contributed by atoms with Crippen LogP contribution in [0.25, 0.3) is 0 Å². The van der Waals surface area contributed by atoms with E-state index in [4.69, 9.17) is 20.0 Å². The molecule has 2 aromatic rings. The van der Waals surface area contributed by atoms with Crippen LogP contribution in [0.2, 0.25) is 0 Å². The number of ether oxygens (including phenoxy) is 2. The van der Waals surface area contributed by atoms with E-state index < -0.39 is 0 Å². The van der Waals surface area contributed by atoms with Gasteiger partial charge in [0, 0.05) is 25.6 Å². The minimum Gasteiger partial charge on any atom is -0.494 e. The molecule has 0 saturated heterocycles. The summed E-state index contributed by atoms with van der Waals surface area (Å²) in [6.07, 6.45) is 3.83. The summed E-state index contributed by atoms with van der Waals surface area (Å²) in [7, 11) is 1.77. The predicted octanol–water partition coefficient (Wildman–Crippen LogP) is 3.69. The Hall–Kier alpha value is -2.37. The topological polar surface area (TPSA) is 66.1 Å². The van der Waals surface area contributed by atoms with Gasteiger partial charge in [0.25, 0.3) is 0 Å². The number of oxime groups is 1. The van der Waals surface area contributed by atoms with Gasteiger partial charge in [-0.05, 0) is 48.6 Å². The maximum atomic E-state index is 5.99. The van der Waals surface area contributed by atoms with Crippen LogP contribution in [0.5, 0.6) is 5.75 Å². The van der Waals surface area contributed by atoms with E-state index in [9.17, 15) is 0 Å². The van der Waals surface area contributed by atoms with Gasteiger partial charge in [-0.2, -0.15) is 0 Å². The average Bonchev–Trinajstić information content (AvgIpc) is 3.25. The van der Waals surface area contributed by atoms with E-state index in [0.717, 1.165) is 48.3 Å². The molecule has 1 aliphatic rings. The van der Waals surface area contributed by atoms with Crippen LogP contribution < -0.4 is 10.5 Å². The second-order valence-corrected chi connectivity index (χ2v) is 6.73. The van der Waals surface area contributed by atoms with Crippen LogP contribution in [0.4, 0.5) is 0 Å². The maximum absolute atomic E-state index is 5.99. The Bertz CT molecular complexity index is 746. The number of hydrogen-bond acceptors (Lipinski definition) is 5. The number of nitrogens with two attached hydrogens (primary N) is 1. The predicted molar refractivity (Wildman–Crippen MR) is 107 cm³/mol. The summed E-state index contributed by atoms with van der Waals surface area (Å²) in [5.41, 5.74) is 10.2. The molecule has 5 heteroatoms. The first-order chi connectivity index (χ1) is 13.3. The molecule has 0 amide bonds. The minimum absolute atomic E-state index is 0.201. The largest absolute Gasteiger partial charge is 0.494 e. The van der Waals surface area contributed by atoms with Gasteiger partial charge in [-0.15, -0.1) is 0 Å². The van der Waals surface area contributed by atoms with E-state index in [1.807, 2.05) is 18.2 Å². The second kappa shape index (κ2) is 10.1. The number of nitrogens with zero attached hydrogens (tertiary/aromatic N) is 1. The fraction of sp³-hybridized carbons (Fsp3) is 0.409. The van der Waals surface area contributed by atoms with Crippen molar-refractivity contribution in [2.75, 3.05) is 20.3 Å². The number of benzene rings is 2. The standard InChI is InChI=1S/C22H28N2O3/c1-25-20(13-17-6-3-2-4-7-17)8-5-10-26-21-14-18(16-23)12-19(15-21)22-9-11-27-24-22/h2-4,6-7,12,14-15,20H,5,8-11,13,16,23H2,1H3. The molecular formula is C22H28N2O3. The van der Waals surface area contributed by atoms with E-state index in [-0.39, 0.29) is 6.10 Å². The van der Waals surface area contributed by atoms with Gasteiger partial charge < -0.3 is 20.0 Å². The highest BCUT2D eigenvalue weighted by atomic mass is 16.6. The van der Waals surface area contributed by atoms with E-state index >= 15 is 0 Å². The van der Waals surface area contributed by atoms with Crippen LogP contribution in [0.3, 0.4) is 0 Å². The molecule has 0 spiro atoms. The van der Waals surface area contributed by atoms with E-state index in [1.165, 1.54) is 5.56 Å². The van der Waals surface area contributed by atoms with E-state index in [1.54, 1.807) is 7.11 Å². The zero-order valence-corrected chi connectivity index (χ0v) is 15.9. The fourth-order valence-electron chi connectivity index (χ4n) is 3.22. The molecule has 0 radical (unpaired) electrons. The van der Waals surface area contributed by atoms with Crippen molar-refractivity contribution in [3.63, 3.8) is 0 Å².